The Hall–Kier alpha value is -0.760. The van der Waals surface area contributed by atoms with E-state index in [0.29, 0.717) is 11.3 Å². The van der Waals surface area contributed by atoms with Gasteiger partial charge < -0.3 is 4.90 Å². The third-order valence-electron chi connectivity index (χ3n) is 3.43. The first-order valence-corrected chi connectivity index (χ1v) is 6.65. The molecule has 0 aromatic heterocycles. The van der Waals surface area contributed by atoms with E-state index in [1.807, 2.05) is 6.07 Å². The van der Waals surface area contributed by atoms with Crippen molar-refractivity contribution in [2.24, 2.45) is 5.41 Å². The van der Waals surface area contributed by atoms with Gasteiger partial charge in [-0.25, -0.2) is 4.39 Å². The SMILES string of the molecule is CC1(C)CCCN(c2ccc(F)cc2CCl)C1. The summed E-state index contributed by atoms with van der Waals surface area (Å²) in [5.41, 5.74) is 2.31. The number of nitrogens with zero attached hydrogens (tertiary/aromatic N) is 1. The van der Waals surface area contributed by atoms with Crippen LogP contribution in [0.15, 0.2) is 18.2 Å². The summed E-state index contributed by atoms with van der Waals surface area (Å²) in [7, 11) is 0. The zero-order chi connectivity index (χ0) is 12.5. The van der Waals surface area contributed by atoms with Crippen LogP contribution in [-0.4, -0.2) is 13.1 Å². The normalized spacial score (nSPS) is 19.4. The molecule has 1 heterocycles. The van der Waals surface area contributed by atoms with Gasteiger partial charge in [-0.1, -0.05) is 13.8 Å². The van der Waals surface area contributed by atoms with Crippen LogP contribution < -0.4 is 4.90 Å². The van der Waals surface area contributed by atoms with Crippen LogP contribution in [0.25, 0.3) is 0 Å². The smallest absolute Gasteiger partial charge is 0.123 e. The molecular formula is C14H19ClFN. The van der Waals surface area contributed by atoms with E-state index in [-0.39, 0.29) is 5.82 Å². The molecule has 3 heteroatoms. The Bertz CT molecular complexity index is 403. The molecular weight excluding hydrogens is 237 g/mol. The van der Waals surface area contributed by atoms with Crippen molar-refractivity contribution < 1.29 is 4.39 Å². The van der Waals surface area contributed by atoms with Crippen molar-refractivity contribution >= 4 is 17.3 Å². The summed E-state index contributed by atoms with van der Waals surface area (Å²) in [6.45, 7) is 6.62. The van der Waals surface area contributed by atoms with E-state index in [0.717, 1.165) is 24.3 Å². The number of hydrogen-bond donors (Lipinski definition) is 0. The summed E-state index contributed by atoms with van der Waals surface area (Å²) >= 11 is 5.90. The molecule has 0 atom stereocenters. The third kappa shape index (κ3) is 2.92. The number of hydrogen-bond acceptors (Lipinski definition) is 1. The maximum absolute atomic E-state index is 13.2. The predicted molar refractivity (Wildman–Crippen MR) is 71.2 cm³/mol. The third-order valence-corrected chi connectivity index (χ3v) is 3.71. The Kier molecular flexibility index (Phi) is 3.62. The second-order valence-electron chi connectivity index (χ2n) is 5.60. The highest BCUT2D eigenvalue weighted by Gasteiger charge is 2.27. The second-order valence-corrected chi connectivity index (χ2v) is 5.86. The predicted octanol–water partition coefficient (Wildman–Crippen LogP) is 4.19. The number of anilines is 1. The van der Waals surface area contributed by atoms with Gasteiger partial charge in [-0.3, -0.25) is 0 Å². The van der Waals surface area contributed by atoms with Gasteiger partial charge in [0.15, 0.2) is 0 Å². The van der Waals surface area contributed by atoms with Gasteiger partial charge in [0.2, 0.25) is 0 Å². The average molecular weight is 256 g/mol. The minimum atomic E-state index is -0.208. The maximum Gasteiger partial charge on any atom is 0.123 e. The van der Waals surface area contributed by atoms with Crippen LogP contribution >= 0.6 is 11.6 Å². The van der Waals surface area contributed by atoms with Crippen LogP contribution in [0.1, 0.15) is 32.3 Å². The fourth-order valence-electron chi connectivity index (χ4n) is 2.60. The first kappa shape index (κ1) is 12.7. The molecule has 1 aromatic rings. The highest BCUT2D eigenvalue weighted by Crippen LogP contribution is 2.33. The van der Waals surface area contributed by atoms with Gasteiger partial charge in [-0.15, -0.1) is 11.6 Å². The van der Waals surface area contributed by atoms with Crippen molar-refractivity contribution in [3.8, 4) is 0 Å². The van der Waals surface area contributed by atoms with Gasteiger partial charge in [0.05, 0.1) is 0 Å². The van der Waals surface area contributed by atoms with Gasteiger partial charge in [-0.2, -0.15) is 0 Å². The van der Waals surface area contributed by atoms with Crippen molar-refractivity contribution in [3.05, 3.63) is 29.6 Å². The molecule has 17 heavy (non-hydrogen) atoms. The monoisotopic (exact) mass is 255 g/mol. The first-order valence-electron chi connectivity index (χ1n) is 6.11. The van der Waals surface area contributed by atoms with Crippen LogP contribution in [0.5, 0.6) is 0 Å². The molecule has 1 aliphatic rings. The summed E-state index contributed by atoms with van der Waals surface area (Å²) in [6.07, 6.45) is 2.44. The van der Waals surface area contributed by atoms with E-state index in [1.54, 1.807) is 6.07 Å². The molecule has 1 saturated heterocycles. The quantitative estimate of drug-likeness (QED) is 0.717. The maximum atomic E-state index is 13.2. The molecule has 0 amide bonds. The van der Waals surface area contributed by atoms with Crippen molar-refractivity contribution in [2.75, 3.05) is 18.0 Å². The lowest BCUT2D eigenvalue weighted by Gasteiger charge is -2.40. The largest absolute Gasteiger partial charge is 0.371 e. The number of benzene rings is 1. The Balaban J connectivity index is 2.27. The van der Waals surface area contributed by atoms with Crippen LogP contribution in [0.3, 0.4) is 0 Å². The molecule has 1 fully saturated rings. The number of piperidine rings is 1. The average Bonchev–Trinajstić information content (AvgIpc) is 2.27. The molecule has 0 radical (unpaired) electrons. The van der Waals surface area contributed by atoms with E-state index in [1.165, 1.54) is 18.9 Å². The van der Waals surface area contributed by atoms with E-state index in [2.05, 4.69) is 18.7 Å². The molecule has 1 aliphatic heterocycles. The molecule has 0 aliphatic carbocycles. The number of rotatable bonds is 2. The van der Waals surface area contributed by atoms with Crippen LogP contribution in [0, 0.1) is 11.2 Å². The van der Waals surface area contributed by atoms with Gasteiger partial charge in [-0.05, 0) is 42.0 Å². The lowest BCUT2D eigenvalue weighted by molar-refractivity contribution is 0.293. The molecule has 1 aromatic carbocycles. The van der Waals surface area contributed by atoms with Gasteiger partial charge >= 0.3 is 0 Å². The Morgan fingerprint density at radius 3 is 2.82 bits per heavy atom. The van der Waals surface area contributed by atoms with E-state index in [4.69, 9.17) is 11.6 Å². The molecule has 0 bridgehead atoms. The summed E-state index contributed by atoms with van der Waals surface area (Å²) in [5, 5.41) is 0. The zero-order valence-corrected chi connectivity index (χ0v) is 11.2. The number of alkyl halides is 1. The first-order chi connectivity index (χ1) is 8.02. The molecule has 2 rings (SSSR count). The van der Waals surface area contributed by atoms with E-state index < -0.39 is 0 Å². The van der Waals surface area contributed by atoms with Gasteiger partial charge in [0.25, 0.3) is 0 Å². The Labute approximate surface area is 108 Å². The van der Waals surface area contributed by atoms with E-state index >= 15 is 0 Å². The van der Waals surface area contributed by atoms with Crippen molar-refractivity contribution in [1.82, 2.24) is 0 Å². The highest BCUT2D eigenvalue weighted by atomic mass is 35.5. The second kappa shape index (κ2) is 4.85. The molecule has 94 valence electrons. The molecule has 0 spiro atoms. The topological polar surface area (TPSA) is 3.24 Å². The number of halogens is 2. The molecule has 1 nitrogen and oxygen atoms in total. The lowest BCUT2D eigenvalue weighted by atomic mass is 9.84. The summed E-state index contributed by atoms with van der Waals surface area (Å²) < 4.78 is 13.2. The molecule has 0 saturated carbocycles. The zero-order valence-electron chi connectivity index (χ0n) is 10.5. The van der Waals surface area contributed by atoms with E-state index in [9.17, 15) is 4.39 Å². The minimum absolute atomic E-state index is 0.208. The van der Waals surface area contributed by atoms with Crippen molar-refractivity contribution in [1.29, 1.82) is 0 Å². The fraction of sp³-hybridized carbons (Fsp3) is 0.571. The Morgan fingerprint density at radius 2 is 2.18 bits per heavy atom. The molecule has 0 N–H and O–H groups in total. The van der Waals surface area contributed by atoms with Gasteiger partial charge in [0, 0.05) is 24.7 Å². The highest BCUT2D eigenvalue weighted by molar-refractivity contribution is 6.17. The van der Waals surface area contributed by atoms with Crippen molar-refractivity contribution in [3.63, 3.8) is 0 Å². The van der Waals surface area contributed by atoms with Crippen molar-refractivity contribution in [2.45, 2.75) is 32.6 Å². The minimum Gasteiger partial charge on any atom is -0.371 e. The summed E-state index contributed by atoms with van der Waals surface area (Å²) in [6, 6.07) is 4.92. The van der Waals surface area contributed by atoms with Crippen LogP contribution in [0.4, 0.5) is 10.1 Å². The van der Waals surface area contributed by atoms with Crippen LogP contribution in [0.2, 0.25) is 0 Å². The fourth-order valence-corrected chi connectivity index (χ4v) is 2.81. The standard InChI is InChI=1S/C14H19ClFN/c1-14(2)6-3-7-17(10-14)13-5-4-12(16)8-11(13)9-15/h4-5,8H,3,6-7,9-10H2,1-2H3. The Morgan fingerprint density at radius 1 is 1.41 bits per heavy atom. The summed E-state index contributed by atoms with van der Waals surface area (Å²) in [4.78, 5) is 2.33. The van der Waals surface area contributed by atoms with Gasteiger partial charge in [0.1, 0.15) is 5.82 Å². The van der Waals surface area contributed by atoms with Crippen LogP contribution in [-0.2, 0) is 5.88 Å². The summed E-state index contributed by atoms with van der Waals surface area (Å²) in [5.74, 6) is 0.157. The lowest BCUT2D eigenvalue weighted by Crippen LogP contribution is -2.40. The molecule has 0 unspecified atom stereocenters.